The molecule has 2 rings (SSSR count). The highest BCUT2D eigenvalue weighted by Gasteiger charge is 2.05. The molecule has 0 saturated carbocycles. The molecule has 0 atom stereocenters. The Bertz CT molecular complexity index is 568. The van der Waals surface area contributed by atoms with E-state index in [1.807, 2.05) is 12.3 Å². The van der Waals surface area contributed by atoms with Gasteiger partial charge in [-0.15, -0.1) is 11.3 Å². The van der Waals surface area contributed by atoms with Crippen LogP contribution < -0.4 is 5.32 Å². The van der Waals surface area contributed by atoms with Crippen molar-refractivity contribution in [2.45, 2.75) is 19.8 Å². The van der Waals surface area contributed by atoms with E-state index < -0.39 is 5.82 Å². The molecule has 0 radical (unpaired) electrons. The number of nitrogens with one attached hydrogen (secondary N) is 1. The molecule has 1 N–H and O–H groups in total. The number of rotatable bonds is 5. The highest BCUT2D eigenvalue weighted by atomic mass is 32.1. The molecule has 0 spiro atoms. The summed E-state index contributed by atoms with van der Waals surface area (Å²) >= 11 is 1.63. The van der Waals surface area contributed by atoms with Crippen LogP contribution in [0.1, 0.15) is 27.5 Å². The van der Waals surface area contributed by atoms with Crippen LogP contribution in [0.4, 0.5) is 4.39 Å². The first-order valence-corrected chi connectivity index (χ1v) is 6.98. The molecule has 0 unspecified atom stereocenters. The van der Waals surface area contributed by atoms with Crippen LogP contribution in [-0.2, 0) is 6.42 Å². The van der Waals surface area contributed by atoms with Crippen molar-refractivity contribution in [2.75, 3.05) is 6.54 Å². The lowest BCUT2D eigenvalue weighted by atomic mass is 10.2. The number of hydrogen-bond acceptors (Lipinski definition) is 3. The fourth-order valence-electron chi connectivity index (χ4n) is 1.69. The van der Waals surface area contributed by atoms with E-state index in [1.54, 1.807) is 17.4 Å². The fourth-order valence-corrected chi connectivity index (χ4v) is 2.51. The first kappa shape index (κ1) is 13.7. The van der Waals surface area contributed by atoms with Gasteiger partial charge in [0.25, 0.3) is 5.91 Å². The number of amides is 1. The monoisotopic (exact) mass is 278 g/mol. The molecule has 3 nitrogen and oxygen atoms in total. The van der Waals surface area contributed by atoms with Crippen LogP contribution in [-0.4, -0.2) is 17.4 Å². The Morgan fingerprint density at radius 3 is 3.00 bits per heavy atom. The van der Waals surface area contributed by atoms with Crippen molar-refractivity contribution < 1.29 is 9.18 Å². The Labute approximate surface area is 115 Å². The third-order valence-electron chi connectivity index (χ3n) is 2.61. The molecule has 19 heavy (non-hydrogen) atoms. The van der Waals surface area contributed by atoms with E-state index in [1.165, 1.54) is 18.2 Å². The molecule has 0 aliphatic carbocycles. The number of aromatic nitrogens is 1. The normalized spacial score (nSPS) is 10.4. The van der Waals surface area contributed by atoms with Crippen LogP contribution >= 0.6 is 11.3 Å². The van der Waals surface area contributed by atoms with Crippen LogP contribution in [0, 0.1) is 12.7 Å². The van der Waals surface area contributed by atoms with Crippen molar-refractivity contribution in [1.82, 2.24) is 10.3 Å². The maximum atomic E-state index is 13.0. The summed E-state index contributed by atoms with van der Waals surface area (Å²) in [5, 5.41) is 5.87. The first-order chi connectivity index (χ1) is 9.15. The van der Waals surface area contributed by atoms with Crippen molar-refractivity contribution in [3.63, 3.8) is 0 Å². The quantitative estimate of drug-likeness (QED) is 0.854. The topological polar surface area (TPSA) is 42.0 Å². The summed E-state index contributed by atoms with van der Waals surface area (Å²) in [5.41, 5.74) is 1.38. The van der Waals surface area contributed by atoms with E-state index in [-0.39, 0.29) is 5.91 Å². The number of carbonyl (C=O) groups excluding carboxylic acids is 1. The number of thiazole rings is 1. The highest BCUT2D eigenvalue weighted by molar-refractivity contribution is 7.09. The second-order valence-electron chi connectivity index (χ2n) is 4.25. The first-order valence-electron chi connectivity index (χ1n) is 6.10. The zero-order valence-electron chi connectivity index (χ0n) is 10.6. The lowest BCUT2D eigenvalue weighted by Gasteiger charge is -2.04. The predicted octanol–water partition coefficient (Wildman–Crippen LogP) is 2.95. The van der Waals surface area contributed by atoms with Gasteiger partial charge >= 0.3 is 0 Å². The van der Waals surface area contributed by atoms with Gasteiger partial charge in [0.15, 0.2) is 0 Å². The largest absolute Gasteiger partial charge is 0.352 e. The number of halogens is 1. The third kappa shape index (κ3) is 4.13. The summed E-state index contributed by atoms with van der Waals surface area (Å²) in [6.07, 6.45) is 1.68. The van der Waals surface area contributed by atoms with Gasteiger partial charge in [-0.2, -0.15) is 0 Å². The van der Waals surface area contributed by atoms with Crippen molar-refractivity contribution in [1.29, 1.82) is 0 Å². The molecular formula is C14H15FN2OS. The van der Waals surface area contributed by atoms with Gasteiger partial charge in [-0.05, 0) is 31.5 Å². The maximum Gasteiger partial charge on any atom is 0.251 e. The average molecular weight is 278 g/mol. The molecule has 0 bridgehead atoms. The smallest absolute Gasteiger partial charge is 0.251 e. The van der Waals surface area contributed by atoms with Crippen molar-refractivity contribution in [2.24, 2.45) is 0 Å². The Hall–Kier alpha value is -1.75. The van der Waals surface area contributed by atoms with Crippen LogP contribution in [0.3, 0.4) is 0 Å². The number of nitrogens with zero attached hydrogens (tertiary/aromatic N) is 1. The van der Waals surface area contributed by atoms with Gasteiger partial charge in [-0.1, -0.05) is 6.07 Å². The molecule has 100 valence electrons. The van der Waals surface area contributed by atoms with Gasteiger partial charge in [0, 0.05) is 29.6 Å². The zero-order chi connectivity index (χ0) is 13.7. The molecule has 0 aliphatic rings. The fraction of sp³-hybridized carbons (Fsp3) is 0.286. The van der Waals surface area contributed by atoms with Gasteiger partial charge in [0.05, 0.1) is 5.01 Å². The minimum Gasteiger partial charge on any atom is -0.352 e. The summed E-state index contributed by atoms with van der Waals surface area (Å²) in [4.78, 5) is 16.1. The SMILES string of the molecule is Cc1csc(CCCNC(=O)c2cccc(F)c2)n1. The Morgan fingerprint density at radius 2 is 2.32 bits per heavy atom. The van der Waals surface area contributed by atoms with Gasteiger partial charge in [-0.25, -0.2) is 9.37 Å². The van der Waals surface area contributed by atoms with Gasteiger partial charge in [0.2, 0.25) is 0 Å². The summed E-state index contributed by atoms with van der Waals surface area (Å²) < 4.78 is 13.0. The van der Waals surface area contributed by atoms with Crippen LogP contribution in [0.15, 0.2) is 29.6 Å². The minimum atomic E-state index is -0.397. The molecule has 5 heteroatoms. The molecule has 2 aromatic rings. The lowest BCUT2D eigenvalue weighted by Crippen LogP contribution is -2.24. The summed E-state index contributed by atoms with van der Waals surface area (Å²) in [5.74, 6) is -0.638. The molecule has 1 amide bonds. The summed E-state index contributed by atoms with van der Waals surface area (Å²) in [6.45, 7) is 2.53. The van der Waals surface area contributed by atoms with Crippen molar-refractivity contribution in [3.8, 4) is 0 Å². The molecule has 0 saturated heterocycles. The molecule has 1 aromatic heterocycles. The molecule has 1 heterocycles. The average Bonchev–Trinajstić information content (AvgIpc) is 2.80. The molecule has 0 aliphatic heterocycles. The van der Waals surface area contributed by atoms with E-state index >= 15 is 0 Å². The maximum absolute atomic E-state index is 13.0. The standard InChI is InChI=1S/C14H15FN2OS/c1-10-9-19-13(17-10)6-3-7-16-14(18)11-4-2-5-12(15)8-11/h2,4-5,8-9H,3,6-7H2,1H3,(H,16,18). The van der Waals surface area contributed by atoms with Gasteiger partial charge < -0.3 is 5.32 Å². The van der Waals surface area contributed by atoms with E-state index in [4.69, 9.17) is 0 Å². The molecular weight excluding hydrogens is 263 g/mol. The Kier molecular flexibility index (Phi) is 4.63. The van der Waals surface area contributed by atoms with Crippen molar-refractivity contribution >= 4 is 17.2 Å². The minimum absolute atomic E-state index is 0.241. The molecule has 1 aromatic carbocycles. The number of aryl methyl sites for hydroxylation is 2. The van der Waals surface area contributed by atoms with Crippen LogP contribution in [0.2, 0.25) is 0 Å². The van der Waals surface area contributed by atoms with E-state index in [0.29, 0.717) is 12.1 Å². The van der Waals surface area contributed by atoms with Gasteiger partial charge in [0.1, 0.15) is 5.82 Å². The summed E-state index contributed by atoms with van der Waals surface area (Å²) in [6, 6.07) is 5.69. The second-order valence-corrected chi connectivity index (χ2v) is 5.20. The number of hydrogen-bond donors (Lipinski definition) is 1. The number of benzene rings is 1. The Morgan fingerprint density at radius 1 is 1.47 bits per heavy atom. The predicted molar refractivity (Wildman–Crippen MR) is 73.9 cm³/mol. The lowest BCUT2D eigenvalue weighted by molar-refractivity contribution is 0.0953. The van der Waals surface area contributed by atoms with Gasteiger partial charge in [-0.3, -0.25) is 4.79 Å². The van der Waals surface area contributed by atoms with Crippen molar-refractivity contribution in [3.05, 3.63) is 51.7 Å². The summed E-state index contributed by atoms with van der Waals surface area (Å²) in [7, 11) is 0. The van der Waals surface area contributed by atoms with E-state index in [0.717, 1.165) is 23.5 Å². The van der Waals surface area contributed by atoms with Crippen LogP contribution in [0.25, 0.3) is 0 Å². The third-order valence-corrected chi connectivity index (χ3v) is 3.63. The zero-order valence-corrected chi connectivity index (χ0v) is 11.5. The Balaban J connectivity index is 1.75. The number of carbonyl (C=O) groups is 1. The molecule has 0 fully saturated rings. The van der Waals surface area contributed by atoms with E-state index in [9.17, 15) is 9.18 Å². The highest BCUT2D eigenvalue weighted by Crippen LogP contribution is 2.10. The second kappa shape index (κ2) is 6.43. The van der Waals surface area contributed by atoms with E-state index in [2.05, 4.69) is 10.3 Å². The van der Waals surface area contributed by atoms with Crippen LogP contribution in [0.5, 0.6) is 0 Å².